The quantitative estimate of drug-likeness (QED) is 0.269. The summed E-state index contributed by atoms with van der Waals surface area (Å²) in [5.41, 5.74) is 0.469. The van der Waals surface area contributed by atoms with Crippen LogP contribution in [-0.2, 0) is 23.9 Å². The largest absolute Gasteiger partial charge is 0.461 e. The summed E-state index contributed by atoms with van der Waals surface area (Å²) in [5, 5.41) is 16.5. The minimum Gasteiger partial charge on any atom is -0.461 e. The topological polar surface area (TPSA) is 157 Å². The van der Waals surface area contributed by atoms with Crippen LogP contribution in [0.1, 0.15) is 58.6 Å². The molecule has 3 amide bonds. The van der Waals surface area contributed by atoms with E-state index < -0.39 is 36.0 Å². The van der Waals surface area contributed by atoms with Crippen molar-refractivity contribution in [2.75, 3.05) is 38.0 Å². The van der Waals surface area contributed by atoms with E-state index in [1.807, 2.05) is 19.1 Å². The third-order valence-electron chi connectivity index (χ3n) is 7.24. The summed E-state index contributed by atoms with van der Waals surface area (Å²) in [4.78, 5) is 59.9. The molecule has 1 unspecified atom stereocenters. The summed E-state index contributed by atoms with van der Waals surface area (Å²) < 4.78 is 10.9. The van der Waals surface area contributed by atoms with Gasteiger partial charge in [-0.2, -0.15) is 5.26 Å². The molecule has 0 aliphatic carbocycles. The first-order chi connectivity index (χ1) is 20.4. The van der Waals surface area contributed by atoms with Gasteiger partial charge < -0.3 is 29.6 Å². The van der Waals surface area contributed by atoms with Crippen molar-refractivity contribution >= 4 is 46.2 Å². The van der Waals surface area contributed by atoms with Crippen LogP contribution in [0.15, 0.2) is 33.7 Å². The maximum absolute atomic E-state index is 13.7. The number of furan rings is 1. The summed E-state index contributed by atoms with van der Waals surface area (Å²) in [6.07, 6.45) is 3.71. The third kappa shape index (κ3) is 8.56. The van der Waals surface area contributed by atoms with E-state index >= 15 is 0 Å². The predicted octanol–water partition coefficient (Wildman–Crippen LogP) is 3.15. The molecular weight excluding hydrogens is 552 g/mol. The third-order valence-corrected chi connectivity index (χ3v) is 7.24. The predicted molar refractivity (Wildman–Crippen MR) is 160 cm³/mol. The SMILES string of the molecule is Cc1cc2cc(NC(=N[C@H]3CCCCN(CC(=O)N4CCCC4)C3=O)C(C#N)C(=O)NCC(=O)OC(C)(C)C)ccc2o1. The van der Waals surface area contributed by atoms with Crippen LogP contribution in [0.3, 0.4) is 0 Å². The number of amides is 3. The fraction of sp³-hybridized carbons (Fsp3) is 0.548. The Kier molecular flexibility index (Phi) is 10.1. The van der Waals surface area contributed by atoms with Crippen LogP contribution in [-0.4, -0.2) is 83.7 Å². The number of carbonyl (C=O) groups excluding carboxylic acids is 4. The lowest BCUT2D eigenvalue weighted by atomic mass is 10.1. The molecular formula is C31H40N6O6. The molecule has 0 saturated carbocycles. The summed E-state index contributed by atoms with van der Waals surface area (Å²) in [5.74, 6) is -2.59. The first kappa shape index (κ1) is 31.5. The van der Waals surface area contributed by atoms with E-state index in [-0.39, 0.29) is 24.2 Å². The van der Waals surface area contributed by atoms with Crippen LogP contribution in [0, 0.1) is 24.2 Å². The van der Waals surface area contributed by atoms with E-state index in [0.717, 1.165) is 24.0 Å². The Labute approximate surface area is 251 Å². The van der Waals surface area contributed by atoms with Crippen molar-refractivity contribution in [1.29, 1.82) is 5.26 Å². The minimum atomic E-state index is -1.46. The van der Waals surface area contributed by atoms with E-state index in [4.69, 9.17) is 9.15 Å². The van der Waals surface area contributed by atoms with Crippen LogP contribution >= 0.6 is 0 Å². The van der Waals surface area contributed by atoms with Gasteiger partial charge in [-0.3, -0.25) is 24.2 Å². The highest BCUT2D eigenvalue weighted by Gasteiger charge is 2.33. The molecule has 2 aromatic rings. The highest BCUT2D eigenvalue weighted by molar-refractivity contribution is 6.13. The van der Waals surface area contributed by atoms with Gasteiger partial charge in [-0.25, -0.2) is 0 Å². The average Bonchev–Trinajstić information content (AvgIpc) is 3.57. The molecule has 3 heterocycles. The lowest BCUT2D eigenvalue weighted by Gasteiger charge is -2.26. The zero-order chi connectivity index (χ0) is 31.1. The molecule has 2 fully saturated rings. The molecule has 2 saturated heterocycles. The van der Waals surface area contributed by atoms with Gasteiger partial charge in [-0.05, 0) is 84.1 Å². The standard InChI is InChI=1S/C31H40N6O6/c1-20-15-21-16-22(10-11-25(21)42-20)34-28(23(17-32)29(40)33-18-27(39)43-31(2,3)4)35-24-9-5-6-14-37(30(24)41)19-26(38)36-12-7-8-13-36/h10-11,15-16,23-24H,5-9,12-14,18-19H2,1-4H3,(H,33,40)(H,34,35)/t23?,24-/m0/s1. The summed E-state index contributed by atoms with van der Waals surface area (Å²) in [6.45, 7) is 8.33. The van der Waals surface area contributed by atoms with Crippen LogP contribution < -0.4 is 10.6 Å². The zero-order valence-electron chi connectivity index (χ0n) is 25.3. The number of nitrogens with zero attached hydrogens (tertiary/aromatic N) is 4. The number of nitriles is 1. The maximum Gasteiger partial charge on any atom is 0.325 e. The Morgan fingerprint density at radius 1 is 1.14 bits per heavy atom. The van der Waals surface area contributed by atoms with E-state index in [9.17, 15) is 24.4 Å². The highest BCUT2D eigenvalue weighted by atomic mass is 16.6. The van der Waals surface area contributed by atoms with Gasteiger partial charge in [-0.1, -0.05) is 0 Å². The maximum atomic E-state index is 13.7. The number of rotatable bonds is 8. The molecule has 12 nitrogen and oxygen atoms in total. The van der Waals surface area contributed by atoms with Gasteiger partial charge in [0.05, 0.1) is 12.6 Å². The van der Waals surface area contributed by atoms with Gasteiger partial charge >= 0.3 is 5.97 Å². The Morgan fingerprint density at radius 3 is 2.56 bits per heavy atom. The number of ether oxygens (including phenoxy) is 1. The highest BCUT2D eigenvalue weighted by Crippen LogP contribution is 2.24. The monoisotopic (exact) mass is 592 g/mol. The number of aliphatic imine (C=N–C) groups is 1. The molecule has 1 aromatic heterocycles. The minimum absolute atomic E-state index is 0.0256. The Bertz CT molecular complexity index is 1430. The smallest absolute Gasteiger partial charge is 0.325 e. The number of hydrogen-bond donors (Lipinski definition) is 2. The molecule has 12 heteroatoms. The number of carbonyl (C=O) groups is 4. The summed E-state index contributed by atoms with van der Waals surface area (Å²) >= 11 is 0. The molecule has 0 spiro atoms. The van der Waals surface area contributed by atoms with Crippen LogP contribution in [0.2, 0.25) is 0 Å². The number of nitrogens with one attached hydrogen (secondary N) is 2. The lowest BCUT2D eigenvalue weighted by molar-refractivity contribution is -0.154. The number of hydrogen-bond acceptors (Lipinski definition) is 8. The van der Waals surface area contributed by atoms with Crippen molar-refractivity contribution < 1.29 is 28.3 Å². The molecule has 4 rings (SSSR count). The van der Waals surface area contributed by atoms with Crippen LogP contribution in [0.4, 0.5) is 5.69 Å². The number of aryl methyl sites for hydroxylation is 1. The fourth-order valence-electron chi connectivity index (χ4n) is 5.22. The number of benzene rings is 1. The summed E-state index contributed by atoms with van der Waals surface area (Å²) in [7, 11) is 0. The van der Waals surface area contributed by atoms with E-state index in [2.05, 4.69) is 15.6 Å². The van der Waals surface area contributed by atoms with E-state index in [1.54, 1.807) is 43.9 Å². The van der Waals surface area contributed by atoms with Crippen molar-refractivity contribution in [3.63, 3.8) is 0 Å². The molecule has 0 bridgehead atoms. The Morgan fingerprint density at radius 2 is 1.86 bits per heavy atom. The van der Waals surface area contributed by atoms with Gasteiger partial charge in [0.15, 0.2) is 5.92 Å². The normalized spacial score (nSPS) is 18.6. The summed E-state index contributed by atoms with van der Waals surface area (Å²) in [6, 6.07) is 8.22. The number of anilines is 1. The first-order valence-corrected chi connectivity index (χ1v) is 14.7. The number of esters is 1. The van der Waals surface area contributed by atoms with Crippen LogP contribution in [0.5, 0.6) is 0 Å². The van der Waals surface area contributed by atoms with Gasteiger partial charge in [-0.15, -0.1) is 0 Å². The number of likely N-dealkylation sites (tertiary alicyclic amines) is 2. The van der Waals surface area contributed by atoms with Gasteiger partial charge in [0.1, 0.15) is 35.4 Å². The van der Waals surface area contributed by atoms with Gasteiger partial charge in [0.25, 0.3) is 0 Å². The average molecular weight is 593 g/mol. The van der Waals surface area contributed by atoms with Crippen molar-refractivity contribution in [2.24, 2.45) is 10.9 Å². The van der Waals surface area contributed by atoms with Crippen LogP contribution in [0.25, 0.3) is 11.0 Å². The zero-order valence-corrected chi connectivity index (χ0v) is 25.3. The number of fused-ring (bicyclic) bond motifs is 1. The Hall–Kier alpha value is -4.40. The molecule has 43 heavy (non-hydrogen) atoms. The lowest BCUT2D eigenvalue weighted by Crippen LogP contribution is -2.45. The molecule has 2 aliphatic rings. The second kappa shape index (κ2) is 13.7. The molecule has 2 aliphatic heterocycles. The first-order valence-electron chi connectivity index (χ1n) is 14.7. The molecule has 2 atom stereocenters. The molecule has 230 valence electrons. The fourth-order valence-corrected chi connectivity index (χ4v) is 5.22. The second-order valence-corrected chi connectivity index (χ2v) is 12.0. The van der Waals surface area contributed by atoms with Crippen molar-refractivity contribution in [3.8, 4) is 6.07 Å². The van der Waals surface area contributed by atoms with E-state index in [0.29, 0.717) is 50.2 Å². The second-order valence-electron chi connectivity index (χ2n) is 12.0. The van der Waals surface area contributed by atoms with Crippen molar-refractivity contribution in [3.05, 3.63) is 30.0 Å². The molecule has 2 N–H and O–H groups in total. The van der Waals surface area contributed by atoms with Gasteiger partial charge in [0.2, 0.25) is 17.7 Å². The molecule has 1 aromatic carbocycles. The van der Waals surface area contributed by atoms with E-state index in [1.165, 1.54) is 4.90 Å². The van der Waals surface area contributed by atoms with Crippen molar-refractivity contribution in [1.82, 2.24) is 15.1 Å². The van der Waals surface area contributed by atoms with Gasteiger partial charge in [0, 0.05) is 30.7 Å². The number of amidine groups is 1. The van der Waals surface area contributed by atoms with Crippen molar-refractivity contribution in [2.45, 2.75) is 71.4 Å². The Balaban J connectivity index is 1.60. The molecule has 0 radical (unpaired) electrons.